The zero-order chi connectivity index (χ0) is 14.0. The normalized spacial score (nSPS) is 20.3. The number of halogens is 2. The highest BCUT2D eigenvalue weighted by molar-refractivity contribution is 5.76. The molecule has 6 heteroatoms. The van der Waals surface area contributed by atoms with Crippen molar-refractivity contribution in [1.29, 1.82) is 0 Å². The molecule has 106 valence electrons. The molecule has 0 radical (unpaired) electrons. The molecule has 1 atom stereocenters. The van der Waals surface area contributed by atoms with E-state index in [4.69, 9.17) is 0 Å². The monoisotopic (exact) mass is 271 g/mol. The number of piperidine rings is 1. The van der Waals surface area contributed by atoms with Crippen LogP contribution in [0.25, 0.3) is 0 Å². The third-order valence-electron chi connectivity index (χ3n) is 3.65. The van der Waals surface area contributed by atoms with Crippen molar-refractivity contribution < 1.29 is 13.6 Å². The molecule has 1 aliphatic rings. The summed E-state index contributed by atoms with van der Waals surface area (Å²) in [7, 11) is 0. The fourth-order valence-corrected chi connectivity index (χ4v) is 2.42. The highest BCUT2D eigenvalue weighted by atomic mass is 19.3. The second-order valence-corrected chi connectivity index (χ2v) is 5.17. The Kier molecular flexibility index (Phi) is 3.87. The molecule has 1 amide bonds. The predicted molar refractivity (Wildman–Crippen MR) is 67.1 cm³/mol. The van der Waals surface area contributed by atoms with Crippen LogP contribution in [0.5, 0.6) is 0 Å². The van der Waals surface area contributed by atoms with E-state index < -0.39 is 5.92 Å². The first-order valence-corrected chi connectivity index (χ1v) is 6.54. The minimum atomic E-state index is -2.61. The fraction of sp³-hybridized carbons (Fsp3) is 0.692. The van der Waals surface area contributed by atoms with Gasteiger partial charge in [0.05, 0.1) is 0 Å². The van der Waals surface area contributed by atoms with Gasteiger partial charge in [-0.2, -0.15) is 0 Å². The molecule has 0 aromatic carbocycles. The van der Waals surface area contributed by atoms with Crippen molar-refractivity contribution in [3.8, 4) is 0 Å². The third kappa shape index (κ3) is 3.30. The molecule has 1 fully saturated rings. The predicted octanol–water partition coefficient (Wildman–Crippen LogP) is 2.40. The first kappa shape index (κ1) is 14.0. The van der Waals surface area contributed by atoms with Crippen LogP contribution in [0.4, 0.5) is 8.78 Å². The van der Waals surface area contributed by atoms with E-state index >= 15 is 0 Å². The molecule has 0 N–H and O–H groups in total. The first-order chi connectivity index (χ1) is 8.89. The van der Waals surface area contributed by atoms with Crippen molar-refractivity contribution in [2.75, 3.05) is 13.1 Å². The fourth-order valence-electron chi connectivity index (χ4n) is 2.42. The highest BCUT2D eigenvalue weighted by Gasteiger charge is 2.35. The number of likely N-dealkylation sites (tertiary alicyclic amines) is 1. The van der Waals surface area contributed by atoms with Crippen molar-refractivity contribution in [1.82, 2.24) is 14.5 Å². The van der Waals surface area contributed by atoms with Crippen molar-refractivity contribution in [3.05, 3.63) is 18.2 Å². The summed E-state index contributed by atoms with van der Waals surface area (Å²) in [6.45, 7) is 4.12. The SMILES string of the molecule is Cc1nccn1[C@H](C)CC(=O)N1CCC(F)(F)CC1. The maximum absolute atomic E-state index is 13.0. The molecular formula is C13H19F2N3O. The second-order valence-electron chi connectivity index (χ2n) is 5.17. The number of hydrogen-bond donors (Lipinski definition) is 0. The number of rotatable bonds is 3. The molecule has 0 spiro atoms. The average Bonchev–Trinajstić information content (AvgIpc) is 2.75. The lowest BCUT2D eigenvalue weighted by atomic mass is 10.1. The van der Waals surface area contributed by atoms with Gasteiger partial charge in [-0.25, -0.2) is 13.8 Å². The van der Waals surface area contributed by atoms with Crippen molar-refractivity contribution in [2.45, 2.75) is 45.1 Å². The zero-order valence-corrected chi connectivity index (χ0v) is 11.3. The van der Waals surface area contributed by atoms with Gasteiger partial charge in [0.2, 0.25) is 5.91 Å². The lowest BCUT2D eigenvalue weighted by molar-refractivity contribution is -0.137. The number of aromatic nitrogens is 2. The summed E-state index contributed by atoms with van der Waals surface area (Å²) in [6, 6.07) is -0.00237. The Bertz CT molecular complexity index is 448. The summed E-state index contributed by atoms with van der Waals surface area (Å²) in [6.07, 6.45) is 3.40. The maximum Gasteiger partial charge on any atom is 0.251 e. The zero-order valence-electron chi connectivity index (χ0n) is 11.3. The van der Waals surface area contributed by atoms with Gasteiger partial charge >= 0.3 is 0 Å². The van der Waals surface area contributed by atoms with Crippen LogP contribution in [0.3, 0.4) is 0 Å². The first-order valence-electron chi connectivity index (χ1n) is 6.54. The Morgan fingerprint density at radius 1 is 1.47 bits per heavy atom. The summed E-state index contributed by atoms with van der Waals surface area (Å²) in [5.41, 5.74) is 0. The second kappa shape index (κ2) is 5.27. The van der Waals surface area contributed by atoms with Crippen LogP contribution in [0, 0.1) is 6.92 Å². The Hall–Kier alpha value is -1.46. The van der Waals surface area contributed by atoms with Crippen LogP contribution in [-0.4, -0.2) is 39.4 Å². The van der Waals surface area contributed by atoms with Crippen LogP contribution in [0.15, 0.2) is 12.4 Å². The van der Waals surface area contributed by atoms with Gasteiger partial charge < -0.3 is 9.47 Å². The van der Waals surface area contributed by atoms with Crippen LogP contribution in [-0.2, 0) is 4.79 Å². The number of carbonyl (C=O) groups excluding carboxylic acids is 1. The molecule has 1 aliphatic heterocycles. The van der Waals surface area contributed by atoms with Crippen LogP contribution < -0.4 is 0 Å². The van der Waals surface area contributed by atoms with Crippen molar-refractivity contribution in [2.24, 2.45) is 0 Å². The summed E-state index contributed by atoms with van der Waals surface area (Å²) < 4.78 is 28.0. The van der Waals surface area contributed by atoms with Gasteiger partial charge in [0, 0.05) is 50.8 Å². The summed E-state index contributed by atoms with van der Waals surface area (Å²) in [5, 5.41) is 0. The number of hydrogen-bond acceptors (Lipinski definition) is 2. The molecule has 1 aromatic heterocycles. The molecule has 0 bridgehead atoms. The van der Waals surface area contributed by atoms with Gasteiger partial charge in [-0.1, -0.05) is 0 Å². The maximum atomic E-state index is 13.0. The summed E-state index contributed by atoms with van der Waals surface area (Å²) >= 11 is 0. The van der Waals surface area contributed by atoms with Gasteiger partial charge in [0.1, 0.15) is 5.82 Å². The van der Waals surface area contributed by atoms with Crippen LogP contribution in [0.2, 0.25) is 0 Å². The molecule has 19 heavy (non-hydrogen) atoms. The Morgan fingerprint density at radius 3 is 2.63 bits per heavy atom. The molecule has 2 rings (SSSR count). The lowest BCUT2D eigenvalue weighted by Gasteiger charge is -2.32. The van der Waals surface area contributed by atoms with Gasteiger partial charge in [0.15, 0.2) is 0 Å². The van der Waals surface area contributed by atoms with Crippen LogP contribution >= 0.6 is 0 Å². The van der Waals surface area contributed by atoms with Gasteiger partial charge in [0.25, 0.3) is 5.92 Å². The molecule has 0 aliphatic carbocycles. The van der Waals surface area contributed by atoms with E-state index in [2.05, 4.69) is 4.98 Å². The third-order valence-corrected chi connectivity index (χ3v) is 3.65. The number of aryl methyl sites for hydroxylation is 1. The molecular weight excluding hydrogens is 252 g/mol. The van der Waals surface area contributed by atoms with Crippen molar-refractivity contribution in [3.63, 3.8) is 0 Å². The van der Waals surface area contributed by atoms with E-state index in [0.29, 0.717) is 6.42 Å². The van der Waals surface area contributed by atoms with E-state index in [9.17, 15) is 13.6 Å². The molecule has 0 unspecified atom stereocenters. The van der Waals surface area contributed by atoms with E-state index in [1.165, 1.54) is 0 Å². The smallest absolute Gasteiger partial charge is 0.251 e. The van der Waals surface area contributed by atoms with Gasteiger partial charge in [-0.15, -0.1) is 0 Å². The topological polar surface area (TPSA) is 38.1 Å². The number of nitrogens with zero attached hydrogens (tertiary/aromatic N) is 3. The minimum absolute atomic E-state index is 0.00237. The van der Waals surface area contributed by atoms with Gasteiger partial charge in [-0.3, -0.25) is 4.79 Å². The highest BCUT2D eigenvalue weighted by Crippen LogP contribution is 2.28. The van der Waals surface area contributed by atoms with Crippen molar-refractivity contribution >= 4 is 5.91 Å². The van der Waals surface area contributed by atoms with Gasteiger partial charge in [-0.05, 0) is 13.8 Å². The Labute approximate surface area is 111 Å². The van der Waals surface area contributed by atoms with E-state index in [1.807, 2.05) is 24.6 Å². The lowest BCUT2D eigenvalue weighted by Crippen LogP contribution is -2.43. The van der Waals surface area contributed by atoms with E-state index in [0.717, 1.165) is 5.82 Å². The Balaban J connectivity index is 1.90. The summed E-state index contributed by atoms with van der Waals surface area (Å²) in [5.74, 6) is -1.81. The largest absolute Gasteiger partial charge is 0.342 e. The number of amides is 1. The molecule has 0 saturated carbocycles. The van der Waals surface area contributed by atoms with E-state index in [1.54, 1.807) is 11.1 Å². The molecule has 4 nitrogen and oxygen atoms in total. The summed E-state index contributed by atoms with van der Waals surface area (Å²) in [4.78, 5) is 17.7. The number of alkyl halides is 2. The van der Waals surface area contributed by atoms with Crippen LogP contribution in [0.1, 0.15) is 38.1 Å². The molecule has 1 saturated heterocycles. The molecule has 1 aromatic rings. The average molecular weight is 271 g/mol. The van der Waals surface area contributed by atoms with E-state index in [-0.39, 0.29) is 37.9 Å². The molecule has 2 heterocycles. The number of carbonyl (C=O) groups is 1. The standard InChI is InChI=1S/C13H19F2N3O/c1-10(18-8-5-16-11(18)2)9-12(19)17-6-3-13(14,15)4-7-17/h5,8,10H,3-4,6-7,9H2,1-2H3/t10-/m1/s1. The quantitative estimate of drug-likeness (QED) is 0.846. The minimum Gasteiger partial charge on any atom is -0.342 e. The number of imidazole rings is 1. The Morgan fingerprint density at radius 2 is 2.11 bits per heavy atom.